The van der Waals surface area contributed by atoms with E-state index in [1.807, 2.05) is 30.3 Å². The summed E-state index contributed by atoms with van der Waals surface area (Å²) < 4.78 is 15.4. The van der Waals surface area contributed by atoms with Crippen molar-refractivity contribution in [3.05, 3.63) is 69.5 Å². The van der Waals surface area contributed by atoms with Crippen molar-refractivity contribution >= 4 is 16.9 Å². The zero-order valence-corrected chi connectivity index (χ0v) is 14.8. The number of carbonyl (C=O) groups is 1. The lowest BCUT2D eigenvalue weighted by Gasteiger charge is -2.13. The van der Waals surface area contributed by atoms with Crippen LogP contribution >= 0.6 is 0 Å². The van der Waals surface area contributed by atoms with E-state index in [2.05, 4.69) is 4.98 Å². The van der Waals surface area contributed by atoms with Crippen molar-refractivity contribution in [3.8, 4) is 11.5 Å². The first kappa shape index (κ1) is 17.5. The predicted octanol–water partition coefficient (Wildman–Crippen LogP) is 2.92. The topological polar surface area (TPSA) is 77.6 Å². The van der Waals surface area contributed by atoms with Crippen molar-refractivity contribution < 1.29 is 19.0 Å². The quantitative estimate of drug-likeness (QED) is 0.714. The number of hydrogen-bond donors (Lipinski definition) is 1. The molecule has 0 aliphatic rings. The van der Waals surface area contributed by atoms with Gasteiger partial charge in [0.2, 0.25) is 0 Å². The van der Waals surface area contributed by atoms with E-state index in [1.165, 1.54) is 7.11 Å². The van der Waals surface area contributed by atoms with Crippen LogP contribution in [0.15, 0.2) is 47.3 Å². The van der Waals surface area contributed by atoms with Gasteiger partial charge in [-0.3, -0.25) is 4.79 Å². The molecule has 0 radical (unpaired) electrons. The molecule has 0 aliphatic carbocycles. The van der Waals surface area contributed by atoms with Gasteiger partial charge in [-0.05, 0) is 35.7 Å². The highest BCUT2D eigenvalue weighted by Crippen LogP contribution is 2.30. The number of methoxy groups -OCH3 is 3. The van der Waals surface area contributed by atoms with Crippen LogP contribution in [0.4, 0.5) is 0 Å². The van der Waals surface area contributed by atoms with Gasteiger partial charge in [0.05, 0.1) is 21.3 Å². The van der Waals surface area contributed by atoms with Gasteiger partial charge in [-0.1, -0.05) is 24.3 Å². The first-order chi connectivity index (χ1) is 12.6. The molecule has 0 bridgehead atoms. The van der Waals surface area contributed by atoms with Gasteiger partial charge in [0.25, 0.3) is 5.56 Å². The number of H-pyrrole nitrogens is 1. The molecule has 0 aliphatic heterocycles. The fraction of sp³-hybridized carbons (Fsp3) is 0.200. The summed E-state index contributed by atoms with van der Waals surface area (Å²) >= 11 is 0. The highest BCUT2D eigenvalue weighted by molar-refractivity contribution is 5.97. The Morgan fingerprint density at radius 2 is 1.73 bits per heavy atom. The number of esters is 1. The molecule has 0 saturated heterocycles. The van der Waals surface area contributed by atoms with Crippen LogP contribution in [-0.4, -0.2) is 32.3 Å². The minimum Gasteiger partial charge on any atom is -0.493 e. The third-order valence-corrected chi connectivity index (χ3v) is 4.25. The van der Waals surface area contributed by atoms with Crippen LogP contribution < -0.4 is 15.0 Å². The van der Waals surface area contributed by atoms with Gasteiger partial charge in [-0.2, -0.15) is 0 Å². The highest BCUT2D eigenvalue weighted by Gasteiger charge is 2.20. The molecule has 0 amide bonds. The average molecular weight is 353 g/mol. The summed E-state index contributed by atoms with van der Waals surface area (Å²) in [5, 5.41) is 0.794. The maximum Gasteiger partial charge on any atom is 0.343 e. The summed E-state index contributed by atoms with van der Waals surface area (Å²) in [6.07, 6.45) is 0.370. The largest absolute Gasteiger partial charge is 0.493 e. The van der Waals surface area contributed by atoms with Crippen LogP contribution in [0, 0.1) is 0 Å². The Morgan fingerprint density at radius 3 is 2.42 bits per heavy atom. The number of hydrogen-bond acceptors (Lipinski definition) is 5. The molecule has 3 aromatic rings. The molecule has 6 nitrogen and oxygen atoms in total. The van der Waals surface area contributed by atoms with Crippen LogP contribution in [0.1, 0.15) is 21.5 Å². The number of carbonyl (C=O) groups excluding carboxylic acids is 1. The van der Waals surface area contributed by atoms with Crippen molar-refractivity contribution in [1.82, 2.24) is 4.98 Å². The second-order valence-electron chi connectivity index (χ2n) is 5.71. The van der Waals surface area contributed by atoms with Gasteiger partial charge >= 0.3 is 5.97 Å². The van der Waals surface area contributed by atoms with E-state index in [0.29, 0.717) is 29.0 Å². The molecule has 0 saturated carbocycles. The minimum absolute atomic E-state index is 0.0148. The summed E-state index contributed by atoms with van der Waals surface area (Å²) in [6, 6.07) is 12.9. The lowest BCUT2D eigenvalue weighted by molar-refractivity contribution is 0.0598. The summed E-state index contributed by atoms with van der Waals surface area (Å²) in [7, 11) is 4.39. The fourth-order valence-electron chi connectivity index (χ4n) is 3.01. The average Bonchev–Trinajstić information content (AvgIpc) is 2.67. The molecule has 1 aromatic heterocycles. The molecular weight excluding hydrogens is 334 g/mol. The van der Waals surface area contributed by atoms with E-state index in [-0.39, 0.29) is 5.56 Å². The molecule has 2 aromatic carbocycles. The number of pyridine rings is 1. The third-order valence-electron chi connectivity index (χ3n) is 4.25. The Morgan fingerprint density at radius 1 is 1.00 bits per heavy atom. The lowest BCUT2D eigenvalue weighted by Crippen LogP contribution is -2.22. The van der Waals surface area contributed by atoms with Gasteiger partial charge in [-0.25, -0.2) is 4.79 Å². The molecule has 1 heterocycles. The van der Waals surface area contributed by atoms with E-state index in [1.54, 1.807) is 26.4 Å². The number of benzene rings is 2. The second-order valence-corrected chi connectivity index (χ2v) is 5.71. The number of aromatic nitrogens is 1. The van der Waals surface area contributed by atoms with Gasteiger partial charge in [0.1, 0.15) is 5.56 Å². The molecule has 0 atom stereocenters. The second kappa shape index (κ2) is 7.31. The Kier molecular flexibility index (Phi) is 4.93. The third kappa shape index (κ3) is 3.13. The van der Waals surface area contributed by atoms with Crippen LogP contribution in [0.2, 0.25) is 0 Å². The molecule has 26 heavy (non-hydrogen) atoms. The molecule has 0 spiro atoms. The number of nitrogens with one attached hydrogen (secondary N) is 1. The SMILES string of the molecule is COC(=O)c1c(Cc2ccc(OC)c(OC)c2)c2ccccc2[nH]c1=O. The fourth-order valence-corrected chi connectivity index (χ4v) is 3.01. The Labute approximate surface area is 150 Å². The first-order valence-electron chi connectivity index (χ1n) is 8.02. The van der Waals surface area contributed by atoms with Crippen LogP contribution in [-0.2, 0) is 11.2 Å². The lowest BCUT2D eigenvalue weighted by atomic mass is 9.96. The van der Waals surface area contributed by atoms with Crippen molar-refractivity contribution in [1.29, 1.82) is 0 Å². The van der Waals surface area contributed by atoms with E-state index in [4.69, 9.17) is 14.2 Å². The number of rotatable bonds is 5. The first-order valence-corrected chi connectivity index (χ1v) is 8.02. The highest BCUT2D eigenvalue weighted by atomic mass is 16.5. The van der Waals surface area contributed by atoms with E-state index in [0.717, 1.165) is 10.9 Å². The van der Waals surface area contributed by atoms with Crippen molar-refractivity contribution in [2.45, 2.75) is 6.42 Å². The number of ether oxygens (including phenoxy) is 3. The van der Waals surface area contributed by atoms with Crippen LogP contribution in [0.5, 0.6) is 11.5 Å². The van der Waals surface area contributed by atoms with Gasteiger partial charge in [-0.15, -0.1) is 0 Å². The van der Waals surface area contributed by atoms with Crippen LogP contribution in [0.3, 0.4) is 0 Å². The molecule has 3 rings (SSSR count). The van der Waals surface area contributed by atoms with Gasteiger partial charge < -0.3 is 19.2 Å². The Bertz CT molecular complexity index is 1020. The molecule has 1 N–H and O–H groups in total. The summed E-state index contributed by atoms with van der Waals surface area (Å²) in [4.78, 5) is 27.4. The monoisotopic (exact) mass is 353 g/mol. The smallest absolute Gasteiger partial charge is 0.343 e. The number of aromatic amines is 1. The minimum atomic E-state index is -0.660. The zero-order valence-electron chi connectivity index (χ0n) is 14.8. The van der Waals surface area contributed by atoms with Crippen LogP contribution in [0.25, 0.3) is 10.9 Å². The normalized spacial score (nSPS) is 10.6. The molecule has 6 heteroatoms. The number of para-hydroxylation sites is 1. The van der Waals surface area contributed by atoms with Crippen molar-refractivity contribution in [3.63, 3.8) is 0 Å². The van der Waals surface area contributed by atoms with E-state index in [9.17, 15) is 9.59 Å². The molecular formula is C20H19NO5. The van der Waals surface area contributed by atoms with E-state index < -0.39 is 11.5 Å². The van der Waals surface area contributed by atoms with Crippen molar-refractivity contribution in [2.24, 2.45) is 0 Å². The Hall–Kier alpha value is -3.28. The maximum absolute atomic E-state index is 12.5. The molecule has 0 fully saturated rings. The zero-order chi connectivity index (χ0) is 18.7. The number of fused-ring (bicyclic) bond motifs is 1. The van der Waals surface area contributed by atoms with Crippen molar-refractivity contribution in [2.75, 3.05) is 21.3 Å². The summed E-state index contributed by atoms with van der Waals surface area (Å²) in [5.41, 5.74) is 1.71. The predicted molar refractivity (Wildman–Crippen MR) is 98.3 cm³/mol. The maximum atomic E-state index is 12.5. The molecule has 134 valence electrons. The summed E-state index contributed by atoms with van der Waals surface area (Å²) in [5.74, 6) is 0.534. The van der Waals surface area contributed by atoms with E-state index >= 15 is 0 Å². The van der Waals surface area contributed by atoms with Gasteiger partial charge in [0.15, 0.2) is 11.5 Å². The molecule has 0 unspecified atom stereocenters. The van der Waals surface area contributed by atoms with Gasteiger partial charge in [0, 0.05) is 10.9 Å². The summed E-state index contributed by atoms with van der Waals surface area (Å²) in [6.45, 7) is 0. The Balaban J connectivity index is 2.20. The standard InChI is InChI=1S/C20H19NO5/c1-24-16-9-8-12(11-17(16)25-2)10-14-13-6-4-5-7-15(13)21-19(22)18(14)20(23)26-3/h4-9,11H,10H2,1-3H3,(H,21,22).